The van der Waals surface area contributed by atoms with Gasteiger partial charge in [0.15, 0.2) is 11.5 Å². The third-order valence-electron chi connectivity index (χ3n) is 5.28. The van der Waals surface area contributed by atoms with Gasteiger partial charge < -0.3 is 14.6 Å². The van der Waals surface area contributed by atoms with E-state index in [1.165, 1.54) is 25.0 Å². The Morgan fingerprint density at radius 1 is 1.48 bits per heavy atom. The maximum absolute atomic E-state index is 13.3. The van der Waals surface area contributed by atoms with Gasteiger partial charge >= 0.3 is 0 Å². The van der Waals surface area contributed by atoms with Gasteiger partial charge in [0, 0.05) is 31.6 Å². The van der Waals surface area contributed by atoms with Gasteiger partial charge in [0.2, 0.25) is 0 Å². The van der Waals surface area contributed by atoms with Crippen molar-refractivity contribution >= 4 is 11.1 Å². The smallest absolute Gasteiger partial charge is 0.199 e. The number of hydrogen-bond acceptors (Lipinski definition) is 4. The zero-order valence-corrected chi connectivity index (χ0v) is 13.6. The van der Waals surface area contributed by atoms with Crippen LogP contribution in [0.15, 0.2) is 22.6 Å². The van der Waals surface area contributed by atoms with E-state index in [0.717, 1.165) is 50.6 Å². The average Bonchev–Trinajstić information content (AvgIpc) is 3.13. The zero-order valence-electron chi connectivity index (χ0n) is 13.6. The minimum absolute atomic E-state index is 0.271. The van der Waals surface area contributed by atoms with Crippen LogP contribution >= 0.6 is 0 Å². The fraction of sp³-hybridized carbons (Fsp3) is 0.611. The second-order valence-corrected chi connectivity index (χ2v) is 7.48. The standard InChI is InChI=1S/C18H24FN3O/c1-18(6-7-20-11-18)12-22-8-2-3-13(10-22)17-21-15-5-4-14(19)9-16(15)23-17/h4-5,9,13,20H,2-3,6-8,10-12H2,1H3. The predicted molar refractivity (Wildman–Crippen MR) is 88.0 cm³/mol. The SMILES string of the molecule is CC1(CN2CCCC(c3nc4ccc(F)cc4o3)C2)CCNC1. The van der Waals surface area contributed by atoms with Crippen molar-refractivity contribution in [2.45, 2.75) is 32.1 Å². The monoisotopic (exact) mass is 317 g/mol. The maximum Gasteiger partial charge on any atom is 0.199 e. The number of piperidine rings is 1. The van der Waals surface area contributed by atoms with Crippen LogP contribution in [0.1, 0.15) is 38.0 Å². The molecule has 4 nitrogen and oxygen atoms in total. The Hall–Kier alpha value is -1.46. The van der Waals surface area contributed by atoms with E-state index in [1.54, 1.807) is 6.07 Å². The highest BCUT2D eigenvalue weighted by Crippen LogP contribution is 2.32. The molecule has 2 saturated heterocycles. The molecule has 0 spiro atoms. The molecule has 2 aliphatic heterocycles. The summed E-state index contributed by atoms with van der Waals surface area (Å²) in [6.45, 7) is 7.89. The number of benzene rings is 1. The summed E-state index contributed by atoms with van der Waals surface area (Å²) in [6, 6.07) is 4.57. The first-order valence-electron chi connectivity index (χ1n) is 8.60. The van der Waals surface area contributed by atoms with E-state index in [2.05, 4.69) is 22.1 Å². The first-order valence-corrected chi connectivity index (χ1v) is 8.60. The van der Waals surface area contributed by atoms with Gasteiger partial charge in [-0.25, -0.2) is 9.37 Å². The number of nitrogens with zero attached hydrogens (tertiary/aromatic N) is 2. The molecule has 0 radical (unpaired) electrons. The number of likely N-dealkylation sites (tertiary alicyclic amines) is 1. The molecule has 0 aliphatic carbocycles. The number of rotatable bonds is 3. The third-order valence-corrected chi connectivity index (χ3v) is 5.28. The molecule has 2 atom stereocenters. The summed E-state index contributed by atoms with van der Waals surface area (Å²) in [7, 11) is 0. The van der Waals surface area contributed by atoms with E-state index >= 15 is 0 Å². The molecular weight excluding hydrogens is 293 g/mol. The summed E-state index contributed by atoms with van der Waals surface area (Å²) in [5.74, 6) is 0.814. The Balaban J connectivity index is 1.49. The molecule has 0 bridgehead atoms. The quantitative estimate of drug-likeness (QED) is 0.944. The summed E-state index contributed by atoms with van der Waals surface area (Å²) >= 11 is 0. The second kappa shape index (κ2) is 5.87. The van der Waals surface area contributed by atoms with Crippen LogP contribution in [0.3, 0.4) is 0 Å². The highest BCUT2D eigenvalue weighted by molar-refractivity contribution is 5.72. The molecule has 2 aliphatic rings. The van der Waals surface area contributed by atoms with E-state index in [9.17, 15) is 4.39 Å². The van der Waals surface area contributed by atoms with Gasteiger partial charge in [0.1, 0.15) is 11.3 Å². The molecule has 2 unspecified atom stereocenters. The van der Waals surface area contributed by atoms with Crippen LogP contribution in [0.5, 0.6) is 0 Å². The number of hydrogen-bond donors (Lipinski definition) is 1. The fourth-order valence-corrected chi connectivity index (χ4v) is 4.04. The summed E-state index contributed by atoms with van der Waals surface area (Å²) in [5, 5.41) is 3.48. The normalized spacial score (nSPS) is 29.4. The largest absolute Gasteiger partial charge is 0.440 e. The molecule has 23 heavy (non-hydrogen) atoms. The minimum atomic E-state index is -0.271. The van der Waals surface area contributed by atoms with Crippen molar-refractivity contribution < 1.29 is 8.81 Å². The van der Waals surface area contributed by atoms with E-state index < -0.39 is 0 Å². The Bertz CT molecular complexity index is 693. The Morgan fingerprint density at radius 3 is 3.22 bits per heavy atom. The van der Waals surface area contributed by atoms with Crippen LogP contribution in [0.4, 0.5) is 4.39 Å². The van der Waals surface area contributed by atoms with Gasteiger partial charge in [-0.05, 0) is 49.9 Å². The first kappa shape index (κ1) is 15.1. The Morgan fingerprint density at radius 2 is 2.39 bits per heavy atom. The van der Waals surface area contributed by atoms with Crippen LogP contribution in [-0.4, -0.2) is 42.6 Å². The van der Waals surface area contributed by atoms with Gasteiger partial charge in [-0.3, -0.25) is 0 Å². The Labute approximate surface area is 136 Å². The molecule has 124 valence electrons. The van der Waals surface area contributed by atoms with Crippen LogP contribution in [-0.2, 0) is 0 Å². The molecule has 5 heteroatoms. The van der Waals surface area contributed by atoms with E-state index in [-0.39, 0.29) is 5.82 Å². The minimum Gasteiger partial charge on any atom is -0.440 e. The number of nitrogens with one attached hydrogen (secondary N) is 1. The van der Waals surface area contributed by atoms with Crippen molar-refractivity contribution in [1.29, 1.82) is 0 Å². The summed E-state index contributed by atoms with van der Waals surface area (Å²) < 4.78 is 19.2. The van der Waals surface area contributed by atoms with Crippen molar-refractivity contribution in [3.05, 3.63) is 29.9 Å². The highest BCUT2D eigenvalue weighted by atomic mass is 19.1. The van der Waals surface area contributed by atoms with Crippen LogP contribution in [0.25, 0.3) is 11.1 Å². The van der Waals surface area contributed by atoms with Crippen LogP contribution in [0.2, 0.25) is 0 Å². The van der Waals surface area contributed by atoms with Crippen molar-refractivity contribution in [2.75, 3.05) is 32.7 Å². The second-order valence-electron chi connectivity index (χ2n) is 7.48. The van der Waals surface area contributed by atoms with E-state index in [0.29, 0.717) is 16.9 Å². The molecule has 1 aromatic heterocycles. The molecule has 0 amide bonds. The number of oxazole rings is 1. The molecular formula is C18H24FN3O. The third kappa shape index (κ3) is 3.12. The molecule has 2 fully saturated rings. The lowest BCUT2D eigenvalue weighted by Crippen LogP contribution is -2.42. The zero-order chi connectivity index (χ0) is 15.9. The van der Waals surface area contributed by atoms with Crippen LogP contribution < -0.4 is 5.32 Å². The lowest BCUT2D eigenvalue weighted by molar-refractivity contribution is 0.134. The Kier molecular flexibility index (Phi) is 3.85. The molecule has 3 heterocycles. The molecule has 2 aromatic rings. The van der Waals surface area contributed by atoms with Gasteiger partial charge in [0.25, 0.3) is 0 Å². The fourth-order valence-electron chi connectivity index (χ4n) is 4.04. The molecule has 0 saturated carbocycles. The topological polar surface area (TPSA) is 41.3 Å². The average molecular weight is 317 g/mol. The predicted octanol–water partition coefficient (Wildman–Crippen LogP) is 3.15. The van der Waals surface area contributed by atoms with E-state index in [4.69, 9.17) is 4.42 Å². The first-order chi connectivity index (χ1) is 11.1. The van der Waals surface area contributed by atoms with Crippen molar-refractivity contribution in [2.24, 2.45) is 5.41 Å². The van der Waals surface area contributed by atoms with Crippen molar-refractivity contribution in [3.8, 4) is 0 Å². The van der Waals surface area contributed by atoms with Crippen LogP contribution in [0, 0.1) is 11.2 Å². The summed E-state index contributed by atoms with van der Waals surface area (Å²) in [6.07, 6.45) is 3.51. The number of fused-ring (bicyclic) bond motifs is 1. The van der Waals surface area contributed by atoms with Gasteiger partial charge in [-0.2, -0.15) is 0 Å². The van der Waals surface area contributed by atoms with E-state index in [1.807, 2.05) is 0 Å². The van der Waals surface area contributed by atoms with Crippen molar-refractivity contribution in [1.82, 2.24) is 15.2 Å². The van der Waals surface area contributed by atoms with Gasteiger partial charge in [0.05, 0.1) is 0 Å². The van der Waals surface area contributed by atoms with Gasteiger partial charge in [-0.1, -0.05) is 6.92 Å². The summed E-state index contributed by atoms with van der Waals surface area (Å²) in [4.78, 5) is 7.14. The molecule has 4 rings (SSSR count). The number of halogens is 1. The number of aromatic nitrogens is 1. The van der Waals surface area contributed by atoms with Crippen molar-refractivity contribution in [3.63, 3.8) is 0 Å². The molecule has 1 aromatic carbocycles. The summed E-state index contributed by atoms with van der Waals surface area (Å²) in [5.41, 5.74) is 1.70. The lowest BCUT2D eigenvalue weighted by atomic mass is 9.87. The molecule has 1 N–H and O–H groups in total. The van der Waals surface area contributed by atoms with Gasteiger partial charge in [-0.15, -0.1) is 0 Å². The lowest BCUT2D eigenvalue weighted by Gasteiger charge is -2.36. The maximum atomic E-state index is 13.3. The highest BCUT2D eigenvalue weighted by Gasteiger charge is 2.33.